The SMILES string of the molecule is COc1ccc(/C=N/NC(=O)CSc2n[nH]c(=O)[nH]c2=O)c(OC)c1. The molecule has 0 spiro atoms. The molecule has 3 N–H and O–H groups in total. The number of thioether (sulfide) groups is 1. The maximum atomic E-state index is 11.7. The van der Waals surface area contributed by atoms with Crippen LogP contribution >= 0.6 is 11.8 Å². The summed E-state index contributed by atoms with van der Waals surface area (Å²) in [5.74, 6) is 0.629. The number of carbonyl (C=O) groups is 1. The summed E-state index contributed by atoms with van der Waals surface area (Å²) in [5.41, 5.74) is 1.60. The zero-order valence-corrected chi connectivity index (χ0v) is 14.2. The molecule has 11 heteroatoms. The van der Waals surface area contributed by atoms with Gasteiger partial charge in [-0.15, -0.1) is 0 Å². The summed E-state index contributed by atoms with van der Waals surface area (Å²) in [4.78, 5) is 36.0. The number of benzene rings is 1. The molecule has 2 aromatic rings. The minimum absolute atomic E-state index is 0.0180. The first-order valence-electron chi connectivity index (χ1n) is 6.89. The zero-order valence-electron chi connectivity index (χ0n) is 13.4. The molecule has 0 bridgehead atoms. The van der Waals surface area contributed by atoms with Gasteiger partial charge in [-0.3, -0.25) is 14.6 Å². The smallest absolute Gasteiger partial charge is 0.342 e. The average Bonchev–Trinajstić information content (AvgIpc) is 2.61. The molecule has 25 heavy (non-hydrogen) atoms. The Labute approximate surface area is 145 Å². The minimum Gasteiger partial charge on any atom is -0.497 e. The van der Waals surface area contributed by atoms with Gasteiger partial charge in [0.25, 0.3) is 5.56 Å². The van der Waals surface area contributed by atoms with Crippen molar-refractivity contribution in [2.24, 2.45) is 5.10 Å². The van der Waals surface area contributed by atoms with E-state index in [1.807, 2.05) is 4.98 Å². The first-order valence-corrected chi connectivity index (χ1v) is 7.87. The number of ether oxygens (including phenoxy) is 2. The van der Waals surface area contributed by atoms with E-state index in [2.05, 4.69) is 20.7 Å². The predicted molar refractivity (Wildman–Crippen MR) is 91.5 cm³/mol. The Hall–Kier alpha value is -3.08. The molecular weight excluding hydrogens is 350 g/mol. The molecule has 0 fully saturated rings. The van der Waals surface area contributed by atoms with Crippen molar-refractivity contribution in [2.45, 2.75) is 5.03 Å². The molecule has 1 aromatic carbocycles. The summed E-state index contributed by atoms with van der Waals surface area (Å²) in [6.07, 6.45) is 1.42. The lowest BCUT2D eigenvalue weighted by Gasteiger charge is -2.06. The van der Waals surface area contributed by atoms with Crippen molar-refractivity contribution in [2.75, 3.05) is 20.0 Å². The van der Waals surface area contributed by atoms with Crippen molar-refractivity contribution in [3.05, 3.63) is 44.6 Å². The largest absolute Gasteiger partial charge is 0.497 e. The summed E-state index contributed by atoms with van der Waals surface area (Å²) in [5, 5.41) is 9.45. The van der Waals surface area contributed by atoms with Gasteiger partial charge in [-0.2, -0.15) is 10.2 Å². The molecule has 0 saturated carbocycles. The number of aromatic nitrogens is 3. The van der Waals surface area contributed by atoms with Crippen molar-refractivity contribution < 1.29 is 14.3 Å². The topological polar surface area (TPSA) is 139 Å². The van der Waals surface area contributed by atoms with E-state index in [0.717, 1.165) is 11.8 Å². The lowest BCUT2D eigenvalue weighted by atomic mass is 10.2. The highest BCUT2D eigenvalue weighted by atomic mass is 32.2. The molecule has 0 saturated heterocycles. The predicted octanol–water partition coefficient (Wildman–Crippen LogP) is -0.282. The summed E-state index contributed by atoms with van der Waals surface area (Å²) in [6.45, 7) is 0. The number of carbonyl (C=O) groups excluding carboxylic acids is 1. The second-order valence-electron chi connectivity index (χ2n) is 4.50. The van der Waals surface area contributed by atoms with Gasteiger partial charge in [0, 0.05) is 11.6 Å². The first kappa shape index (κ1) is 18.3. The zero-order chi connectivity index (χ0) is 18.2. The van der Waals surface area contributed by atoms with Crippen molar-refractivity contribution in [3.8, 4) is 11.5 Å². The summed E-state index contributed by atoms with van der Waals surface area (Å²) in [6, 6.07) is 5.15. The molecule has 1 heterocycles. The van der Waals surface area contributed by atoms with Crippen molar-refractivity contribution in [1.29, 1.82) is 0 Å². The van der Waals surface area contributed by atoms with Gasteiger partial charge in [-0.05, 0) is 12.1 Å². The number of methoxy groups -OCH3 is 2. The molecule has 0 aliphatic heterocycles. The van der Waals surface area contributed by atoms with Gasteiger partial charge in [0.05, 0.1) is 26.2 Å². The fourth-order valence-corrected chi connectivity index (χ4v) is 2.32. The number of hydrogen-bond acceptors (Lipinski definition) is 8. The van der Waals surface area contributed by atoms with E-state index in [1.165, 1.54) is 13.3 Å². The normalized spacial score (nSPS) is 10.6. The quantitative estimate of drug-likeness (QED) is 0.348. The molecule has 2 rings (SSSR count). The van der Waals surface area contributed by atoms with Crippen LogP contribution in [0.2, 0.25) is 0 Å². The number of rotatable bonds is 7. The van der Waals surface area contributed by atoms with Crippen LogP contribution in [0.5, 0.6) is 11.5 Å². The Morgan fingerprint density at radius 1 is 1.36 bits per heavy atom. The van der Waals surface area contributed by atoms with Crippen molar-refractivity contribution in [1.82, 2.24) is 20.6 Å². The molecule has 0 aliphatic carbocycles. The van der Waals surface area contributed by atoms with Crippen LogP contribution < -0.4 is 26.1 Å². The highest BCUT2D eigenvalue weighted by Gasteiger charge is 2.07. The Morgan fingerprint density at radius 2 is 2.16 bits per heavy atom. The Bertz CT molecular complexity index is 892. The molecule has 1 amide bonds. The number of nitrogens with one attached hydrogen (secondary N) is 3. The van der Waals surface area contributed by atoms with Crippen LogP contribution in [0.1, 0.15) is 5.56 Å². The third-order valence-corrected chi connectivity index (χ3v) is 3.81. The Balaban J connectivity index is 1.92. The summed E-state index contributed by atoms with van der Waals surface area (Å²) >= 11 is 0.871. The lowest BCUT2D eigenvalue weighted by Crippen LogP contribution is -2.26. The fraction of sp³-hybridized carbons (Fsp3) is 0.214. The van der Waals surface area contributed by atoms with E-state index in [-0.39, 0.29) is 10.8 Å². The number of nitrogens with zero attached hydrogens (tertiary/aromatic N) is 2. The number of hydrazone groups is 1. The molecule has 0 atom stereocenters. The van der Waals surface area contributed by atoms with E-state index in [0.29, 0.717) is 17.1 Å². The summed E-state index contributed by atoms with van der Waals surface area (Å²) < 4.78 is 10.3. The van der Waals surface area contributed by atoms with E-state index in [9.17, 15) is 14.4 Å². The van der Waals surface area contributed by atoms with Crippen LogP contribution in [0.3, 0.4) is 0 Å². The van der Waals surface area contributed by atoms with Gasteiger partial charge in [0.2, 0.25) is 5.91 Å². The molecule has 0 aliphatic rings. The number of hydrogen-bond donors (Lipinski definition) is 3. The maximum absolute atomic E-state index is 11.7. The second kappa shape index (κ2) is 8.68. The van der Waals surface area contributed by atoms with E-state index in [4.69, 9.17) is 9.47 Å². The van der Waals surface area contributed by atoms with Gasteiger partial charge in [-0.1, -0.05) is 11.8 Å². The van der Waals surface area contributed by atoms with Crippen molar-refractivity contribution >= 4 is 23.9 Å². The van der Waals surface area contributed by atoms with Crippen LogP contribution in [0, 0.1) is 0 Å². The van der Waals surface area contributed by atoms with Crippen LogP contribution in [0.15, 0.2) is 37.9 Å². The van der Waals surface area contributed by atoms with Crippen molar-refractivity contribution in [3.63, 3.8) is 0 Å². The van der Waals surface area contributed by atoms with E-state index < -0.39 is 17.2 Å². The molecular formula is C14H15N5O5S. The summed E-state index contributed by atoms with van der Waals surface area (Å²) in [7, 11) is 3.05. The van der Waals surface area contributed by atoms with Crippen LogP contribution in [0.25, 0.3) is 0 Å². The third kappa shape index (κ3) is 5.21. The lowest BCUT2D eigenvalue weighted by molar-refractivity contribution is -0.118. The third-order valence-electron chi connectivity index (χ3n) is 2.85. The van der Waals surface area contributed by atoms with Gasteiger partial charge < -0.3 is 9.47 Å². The molecule has 1 aromatic heterocycles. The van der Waals surface area contributed by atoms with Gasteiger partial charge in [0.15, 0.2) is 5.03 Å². The van der Waals surface area contributed by atoms with Gasteiger partial charge in [0.1, 0.15) is 11.5 Å². The first-order chi connectivity index (χ1) is 12.0. The Kier molecular flexibility index (Phi) is 6.34. The Morgan fingerprint density at radius 3 is 2.84 bits per heavy atom. The second-order valence-corrected chi connectivity index (χ2v) is 5.47. The minimum atomic E-state index is -0.711. The maximum Gasteiger partial charge on any atom is 0.342 e. The van der Waals surface area contributed by atoms with Crippen LogP contribution in [0.4, 0.5) is 0 Å². The molecule has 0 unspecified atom stereocenters. The number of H-pyrrole nitrogens is 2. The van der Waals surface area contributed by atoms with E-state index in [1.54, 1.807) is 25.3 Å². The fourth-order valence-electron chi connectivity index (χ4n) is 1.70. The van der Waals surface area contributed by atoms with Gasteiger partial charge >= 0.3 is 5.69 Å². The molecule has 0 radical (unpaired) electrons. The average molecular weight is 365 g/mol. The standard InChI is InChI=1S/C14H15N5O5S/c1-23-9-4-3-8(10(5-9)24-2)6-15-17-11(20)7-25-13-12(21)16-14(22)19-18-13/h3-6H,7H2,1-2H3,(H,17,20)(H2,16,19,21,22)/b15-6+. The molecule has 10 nitrogen and oxygen atoms in total. The van der Waals surface area contributed by atoms with E-state index >= 15 is 0 Å². The number of aromatic amines is 2. The monoisotopic (exact) mass is 365 g/mol. The van der Waals surface area contributed by atoms with Gasteiger partial charge in [-0.25, -0.2) is 15.3 Å². The number of amides is 1. The molecule has 132 valence electrons. The highest BCUT2D eigenvalue weighted by Crippen LogP contribution is 2.22. The van der Waals surface area contributed by atoms with Crippen LogP contribution in [-0.2, 0) is 4.79 Å². The highest BCUT2D eigenvalue weighted by molar-refractivity contribution is 7.99. The van der Waals surface area contributed by atoms with Crippen LogP contribution in [-0.4, -0.2) is 47.3 Å².